The maximum Gasteiger partial charge on any atom is 0.255 e. The Balaban J connectivity index is 1.38. The number of aromatic nitrogens is 3. The summed E-state index contributed by atoms with van der Waals surface area (Å²) in [5.41, 5.74) is 3.63. The second-order valence-electron chi connectivity index (χ2n) is 8.38. The number of hydrogen-bond acceptors (Lipinski definition) is 6. The first-order valence-electron chi connectivity index (χ1n) is 11.4. The van der Waals surface area contributed by atoms with Gasteiger partial charge in [-0.1, -0.05) is 41.4 Å². The van der Waals surface area contributed by atoms with Gasteiger partial charge in [0.05, 0.1) is 22.7 Å². The van der Waals surface area contributed by atoms with E-state index in [1.54, 1.807) is 48.2 Å². The molecule has 37 heavy (non-hydrogen) atoms. The third-order valence-electron chi connectivity index (χ3n) is 5.97. The molecule has 0 radical (unpaired) electrons. The largest absolute Gasteiger partial charge is 0.497 e. The Morgan fingerprint density at radius 3 is 2.46 bits per heavy atom. The van der Waals surface area contributed by atoms with Crippen LogP contribution in [0.5, 0.6) is 11.5 Å². The van der Waals surface area contributed by atoms with Gasteiger partial charge in [-0.2, -0.15) is 10.1 Å². The number of nitrogens with zero attached hydrogens (tertiary/aromatic N) is 3. The molecule has 1 amide bonds. The minimum absolute atomic E-state index is 0.249. The number of carbonyl (C=O) groups is 1. The van der Waals surface area contributed by atoms with Crippen LogP contribution < -0.4 is 20.1 Å². The molecule has 1 atom stereocenters. The summed E-state index contributed by atoms with van der Waals surface area (Å²) in [7, 11) is 1.60. The number of allylic oxidation sites excluding steroid dienone is 1. The smallest absolute Gasteiger partial charge is 0.255 e. The number of benzene rings is 3. The topological polar surface area (TPSA) is 90.3 Å². The predicted molar refractivity (Wildman–Crippen MR) is 143 cm³/mol. The molecule has 1 aliphatic rings. The van der Waals surface area contributed by atoms with E-state index in [-0.39, 0.29) is 5.91 Å². The van der Waals surface area contributed by atoms with Gasteiger partial charge in [-0.25, -0.2) is 4.68 Å². The van der Waals surface area contributed by atoms with Crippen LogP contribution in [-0.4, -0.2) is 27.8 Å². The second-order valence-corrected chi connectivity index (χ2v) is 9.20. The molecule has 5 rings (SSSR count). The zero-order valence-electron chi connectivity index (χ0n) is 20.0. The fourth-order valence-electron chi connectivity index (χ4n) is 4.11. The molecule has 0 aliphatic carbocycles. The van der Waals surface area contributed by atoms with Crippen LogP contribution in [0.15, 0.2) is 84.3 Å². The molecule has 1 aromatic heterocycles. The van der Waals surface area contributed by atoms with Crippen molar-refractivity contribution in [1.82, 2.24) is 14.8 Å². The number of fused-ring (bicyclic) bond motifs is 1. The zero-order chi connectivity index (χ0) is 25.9. The van der Waals surface area contributed by atoms with Crippen LogP contribution >= 0.6 is 23.2 Å². The van der Waals surface area contributed by atoms with Crippen LogP contribution in [0.1, 0.15) is 24.1 Å². The molecule has 2 N–H and O–H groups in total. The molecule has 0 saturated carbocycles. The first kappa shape index (κ1) is 24.7. The third kappa shape index (κ3) is 5.26. The van der Waals surface area contributed by atoms with Gasteiger partial charge < -0.3 is 20.1 Å². The standard InChI is InChI=1S/C27H23Cl2N5O3/c1-16-24(26(35)33-19-6-10-20(36-2)11-7-19)25(34-27(32-16)30-15-31-34)18-4-8-21(9-5-18)37-14-17-3-12-22(28)23(29)13-17/h3-13,15,25H,14H2,1-2H3,(H,33,35)(H,30,31,32)/t25-/m1/s1. The molecule has 188 valence electrons. The Morgan fingerprint density at radius 1 is 1.03 bits per heavy atom. The Labute approximate surface area is 223 Å². The van der Waals surface area contributed by atoms with E-state index >= 15 is 0 Å². The quantitative estimate of drug-likeness (QED) is 0.297. The Kier molecular flexibility index (Phi) is 7.03. The predicted octanol–water partition coefficient (Wildman–Crippen LogP) is 6.10. The van der Waals surface area contributed by atoms with E-state index in [4.69, 9.17) is 32.7 Å². The minimum atomic E-state index is -0.485. The highest BCUT2D eigenvalue weighted by atomic mass is 35.5. The molecular weight excluding hydrogens is 513 g/mol. The fraction of sp³-hybridized carbons (Fsp3) is 0.148. The lowest BCUT2D eigenvalue weighted by Gasteiger charge is -2.28. The number of halogens is 2. The summed E-state index contributed by atoms with van der Waals surface area (Å²) in [5, 5.41) is 11.5. The van der Waals surface area contributed by atoms with Crippen LogP contribution in [0.25, 0.3) is 0 Å². The molecule has 4 aromatic rings. The summed E-state index contributed by atoms with van der Waals surface area (Å²) in [5.74, 6) is 1.69. The molecule has 10 heteroatoms. The normalized spacial score (nSPS) is 14.5. The monoisotopic (exact) mass is 535 g/mol. The second kappa shape index (κ2) is 10.5. The Bertz CT molecular complexity index is 1470. The van der Waals surface area contributed by atoms with Crippen LogP contribution in [0.2, 0.25) is 10.0 Å². The van der Waals surface area contributed by atoms with Crippen molar-refractivity contribution in [3.8, 4) is 11.5 Å². The molecule has 0 bridgehead atoms. The Morgan fingerprint density at radius 2 is 1.76 bits per heavy atom. The molecule has 0 unspecified atom stereocenters. The number of rotatable bonds is 7. The molecular formula is C27H23Cl2N5O3. The van der Waals surface area contributed by atoms with Crippen LogP contribution in [0.4, 0.5) is 11.6 Å². The van der Waals surface area contributed by atoms with E-state index < -0.39 is 6.04 Å². The first-order chi connectivity index (χ1) is 17.9. The van der Waals surface area contributed by atoms with Crippen LogP contribution in [0, 0.1) is 0 Å². The zero-order valence-corrected chi connectivity index (χ0v) is 21.5. The van der Waals surface area contributed by atoms with E-state index in [2.05, 4.69) is 20.7 Å². The van der Waals surface area contributed by atoms with E-state index in [1.807, 2.05) is 37.3 Å². The third-order valence-corrected chi connectivity index (χ3v) is 6.71. The number of ether oxygens (including phenoxy) is 2. The fourth-order valence-corrected chi connectivity index (χ4v) is 4.43. The van der Waals surface area contributed by atoms with Crippen molar-refractivity contribution >= 4 is 40.7 Å². The molecule has 0 fully saturated rings. The molecule has 8 nitrogen and oxygen atoms in total. The van der Waals surface area contributed by atoms with Gasteiger partial charge in [0.25, 0.3) is 5.91 Å². The number of carbonyl (C=O) groups excluding carboxylic acids is 1. The lowest BCUT2D eigenvalue weighted by molar-refractivity contribution is -0.113. The van der Waals surface area contributed by atoms with Crippen molar-refractivity contribution in [2.45, 2.75) is 19.6 Å². The summed E-state index contributed by atoms with van der Waals surface area (Å²) in [4.78, 5) is 17.8. The average molecular weight is 536 g/mol. The maximum absolute atomic E-state index is 13.5. The molecule has 0 spiro atoms. The van der Waals surface area contributed by atoms with Gasteiger partial charge in [0.1, 0.15) is 30.5 Å². The highest BCUT2D eigenvalue weighted by Gasteiger charge is 2.33. The molecule has 1 aliphatic heterocycles. The summed E-state index contributed by atoms with van der Waals surface area (Å²) in [6.45, 7) is 2.19. The highest BCUT2D eigenvalue weighted by molar-refractivity contribution is 6.42. The molecule has 2 heterocycles. The van der Waals surface area contributed by atoms with Crippen molar-refractivity contribution in [1.29, 1.82) is 0 Å². The van der Waals surface area contributed by atoms with Gasteiger partial charge in [0, 0.05) is 11.4 Å². The van der Waals surface area contributed by atoms with Crippen LogP contribution in [0.3, 0.4) is 0 Å². The summed E-state index contributed by atoms with van der Waals surface area (Å²) in [6, 6.07) is 19.6. The van der Waals surface area contributed by atoms with Gasteiger partial charge in [-0.3, -0.25) is 4.79 Å². The molecule has 0 saturated heterocycles. The molecule has 3 aromatic carbocycles. The van der Waals surface area contributed by atoms with Crippen molar-refractivity contribution in [2.24, 2.45) is 0 Å². The average Bonchev–Trinajstić information content (AvgIpc) is 3.37. The van der Waals surface area contributed by atoms with E-state index in [0.717, 1.165) is 11.1 Å². The van der Waals surface area contributed by atoms with E-state index in [0.29, 0.717) is 51.1 Å². The Hall–Kier alpha value is -4.01. The maximum atomic E-state index is 13.5. The van der Waals surface area contributed by atoms with Gasteiger partial charge in [0.2, 0.25) is 5.95 Å². The lowest BCUT2D eigenvalue weighted by Crippen LogP contribution is -2.31. The summed E-state index contributed by atoms with van der Waals surface area (Å²) >= 11 is 12.1. The first-order valence-corrected chi connectivity index (χ1v) is 12.2. The minimum Gasteiger partial charge on any atom is -0.497 e. The van der Waals surface area contributed by atoms with Gasteiger partial charge >= 0.3 is 0 Å². The number of hydrogen-bond donors (Lipinski definition) is 2. The van der Waals surface area contributed by atoms with Gasteiger partial charge in [-0.15, -0.1) is 0 Å². The lowest BCUT2D eigenvalue weighted by atomic mass is 9.95. The SMILES string of the molecule is COc1ccc(NC(=O)C2=C(C)Nc3ncnn3[C@@H]2c2ccc(OCc3ccc(Cl)c(Cl)c3)cc2)cc1. The summed E-state index contributed by atoms with van der Waals surface area (Å²) in [6.07, 6.45) is 1.46. The van der Waals surface area contributed by atoms with E-state index in [1.165, 1.54) is 6.33 Å². The van der Waals surface area contributed by atoms with Gasteiger partial charge in [-0.05, 0) is 66.6 Å². The van der Waals surface area contributed by atoms with Crippen molar-refractivity contribution < 1.29 is 14.3 Å². The number of amides is 1. The number of nitrogens with one attached hydrogen (secondary N) is 2. The number of anilines is 2. The van der Waals surface area contributed by atoms with Crippen molar-refractivity contribution in [3.05, 3.63) is 105 Å². The van der Waals surface area contributed by atoms with Crippen molar-refractivity contribution in [3.63, 3.8) is 0 Å². The van der Waals surface area contributed by atoms with Gasteiger partial charge in [0.15, 0.2) is 0 Å². The van der Waals surface area contributed by atoms with Crippen LogP contribution in [-0.2, 0) is 11.4 Å². The van der Waals surface area contributed by atoms with Crippen molar-refractivity contribution in [2.75, 3.05) is 17.7 Å². The summed E-state index contributed by atoms with van der Waals surface area (Å²) < 4.78 is 12.8. The van der Waals surface area contributed by atoms with E-state index in [9.17, 15) is 4.79 Å². The number of methoxy groups -OCH3 is 1. The highest BCUT2D eigenvalue weighted by Crippen LogP contribution is 2.36.